The summed E-state index contributed by atoms with van der Waals surface area (Å²) in [7, 11) is 0. The van der Waals surface area contributed by atoms with Crippen LogP contribution in [-0.4, -0.2) is 20.7 Å². The van der Waals surface area contributed by atoms with E-state index in [-0.39, 0.29) is 12.3 Å². The third kappa shape index (κ3) is 6.34. The Kier molecular flexibility index (Phi) is 8.33. The maximum atomic E-state index is 10.6. The van der Waals surface area contributed by atoms with Gasteiger partial charge in [-0.3, -0.25) is 9.36 Å². The Labute approximate surface area is 185 Å². The Hall–Kier alpha value is -2.32. The fourth-order valence-corrected chi connectivity index (χ4v) is 4.71. The van der Waals surface area contributed by atoms with Gasteiger partial charge in [0, 0.05) is 19.0 Å². The molecule has 0 fully saturated rings. The highest BCUT2D eigenvalue weighted by atomic mass is 32.1. The summed E-state index contributed by atoms with van der Waals surface area (Å²) in [5.74, 6) is 0.0670. The zero-order chi connectivity index (χ0) is 21.3. The topological polar surface area (TPSA) is 87.2 Å². The molecule has 0 unspecified atom stereocenters. The first-order chi connectivity index (χ1) is 14.5. The van der Waals surface area contributed by atoms with Crippen LogP contribution in [0.4, 0.5) is 0 Å². The molecular formula is C22H27N3O3S2. The quantitative estimate of drug-likeness (QED) is 0.362. The molecule has 0 bridgehead atoms. The fraction of sp³-hybridized carbons (Fsp3) is 0.455. The van der Waals surface area contributed by atoms with E-state index in [1.807, 2.05) is 24.3 Å². The standard InChI is InChI=1S/C22H27N3O3S2/c26-20(27)13-7-5-3-1-2-4-6-10-14-25-21(28)18(30-22(25)29)15-19-23-16-11-8-9-12-17(16)24-19/h8-9,11-12,15,28H,1-7,10,13-14H2,(H,26,27). The van der Waals surface area contributed by atoms with Crippen molar-refractivity contribution >= 4 is 35.6 Å². The van der Waals surface area contributed by atoms with Gasteiger partial charge in [0.05, 0.1) is 15.6 Å². The third-order valence-electron chi connectivity index (χ3n) is 5.03. The van der Waals surface area contributed by atoms with E-state index < -0.39 is 5.97 Å². The van der Waals surface area contributed by atoms with Gasteiger partial charge in [0.2, 0.25) is 5.88 Å². The largest absolute Gasteiger partial charge is 0.493 e. The number of aromatic hydroxyl groups is 1. The molecule has 8 heteroatoms. The van der Waals surface area contributed by atoms with Crippen LogP contribution in [0.3, 0.4) is 0 Å². The zero-order valence-corrected chi connectivity index (χ0v) is 18.6. The number of hydrogen-bond acceptors (Lipinski definition) is 6. The number of rotatable bonds is 12. The van der Waals surface area contributed by atoms with Crippen LogP contribution in [-0.2, 0) is 11.3 Å². The molecule has 2 heterocycles. The van der Waals surface area contributed by atoms with Gasteiger partial charge in [0.15, 0.2) is 9.78 Å². The van der Waals surface area contributed by atoms with Crippen molar-refractivity contribution < 1.29 is 15.0 Å². The highest BCUT2D eigenvalue weighted by Gasteiger charge is 2.12. The minimum absolute atomic E-state index is 0.192. The molecule has 6 nitrogen and oxygen atoms in total. The van der Waals surface area contributed by atoms with Gasteiger partial charge >= 0.3 is 5.97 Å². The lowest BCUT2D eigenvalue weighted by atomic mass is 10.1. The number of benzene rings is 1. The maximum absolute atomic E-state index is 10.6. The Bertz CT molecular complexity index is 1050. The van der Waals surface area contributed by atoms with E-state index in [1.54, 1.807) is 10.6 Å². The van der Waals surface area contributed by atoms with Crippen molar-refractivity contribution in [1.29, 1.82) is 0 Å². The van der Waals surface area contributed by atoms with Gasteiger partial charge in [-0.2, -0.15) is 0 Å². The summed E-state index contributed by atoms with van der Waals surface area (Å²) in [4.78, 5) is 20.1. The molecule has 0 aliphatic carbocycles. The summed E-state index contributed by atoms with van der Waals surface area (Å²) >= 11 is 6.82. The Morgan fingerprint density at radius 2 is 1.57 bits per heavy atom. The summed E-state index contributed by atoms with van der Waals surface area (Å²) in [6.45, 7) is 0.706. The van der Waals surface area contributed by atoms with Crippen molar-refractivity contribution in [3.8, 4) is 5.88 Å². The molecule has 0 radical (unpaired) electrons. The second-order valence-corrected chi connectivity index (χ2v) is 9.07. The lowest BCUT2D eigenvalue weighted by molar-refractivity contribution is -0.137. The number of carboxylic acid groups (broad SMARTS) is 1. The summed E-state index contributed by atoms with van der Waals surface area (Å²) in [6, 6.07) is 7.70. The molecule has 1 aliphatic heterocycles. The summed E-state index contributed by atoms with van der Waals surface area (Å²) in [5, 5.41) is 20.9. The fourth-order valence-electron chi connectivity index (χ4n) is 3.42. The van der Waals surface area contributed by atoms with Crippen LogP contribution in [0.5, 0.6) is 5.88 Å². The normalized spacial score (nSPS) is 12.3. The molecule has 30 heavy (non-hydrogen) atoms. The number of nitrogens with zero attached hydrogens (tertiary/aromatic N) is 3. The van der Waals surface area contributed by atoms with Crippen LogP contribution in [0.1, 0.15) is 62.7 Å². The molecule has 1 aromatic carbocycles. The highest BCUT2D eigenvalue weighted by molar-refractivity contribution is 7.73. The molecule has 0 amide bonds. The van der Waals surface area contributed by atoms with Crippen molar-refractivity contribution in [2.75, 3.05) is 0 Å². The number of carbonyl (C=O) groups is 1. The van der Waals surface area contributed by atoms with Gasteiger partial charge in [0.1, 0.15) is 0 Å². The smallest absolute Gasteiger partial charge is 0.303 e. The monoisotopic (exact) mass is 445 g/mol. The first-order valence-corrected chi connectivity index (χ1v) is 11.7. The molecule has 0 spiro atoms. The number of carboxylic acids is 1. The Morgan fingerprint density at radius 3 is 2.17 bits per heavy atom. The molecule has 3 rings (SSSR count). The predicted octanol–water partition coefficient (Wildman–Crippen LogP) is 4.83. The van der Waals surface area contributed by atoms with Crippen molar-refractivity contribution in [2.24, 2.45) is 9.98 Å². The molecule has 0 saturated heterocycles. The van der Waals surface area contributed by atoms with Crippen molar-refractivity contribution in [3.63, 3.8) is 0 Å². The number of thiazole rings is 1. The second-order valence-electron chi connectivity index (χ2n) is 7.39. The molecule has 0 saturated carbocycles. The SMILES string of the molecule is O=C(O)CCCCCCCCCCn1c(O)c(C=C2N=c3ccccc3=N2)sc1=S. The number of aliphatic carboxylic acids is 1. The number of hydrogen-bond donors (Lipinski definition) is 2. The van der Waals surface area contributed by atoms with Crippen molar-refractivity contribution in [3.05, 3.63) is 49.6 Å². The number of aromatic nitrogens is 1. The third-order valence-corrected chi connectivity index (χ3v) is 6.41. The maximum Gasteiger partial charge on any atom is 0.303 e. The highest BCUT2D eigenvalue weighted by Crippen LogP contribution is 2.29. The van der Waals surface area contributed by atoms with E-state index in [9.17, 15) is 9.90 Å². The van der Waals surface area contributed by atoms with Crippen LogP contribution >= 0.6 is 23.6 Å². The number of fused-ring (bicyclic) bond motifs is 1. The lowest BCUT2D eigenvalue weighted by Gasteiger charge is -2.05. The first kappa shape index (κ1) is 22.4. The van der Waals surface area contributed by atoms with E-state index >= 15 is 0 Å². The van der Waals surface area contributed by atoms with E-state index in [0.717, 1.165) is 62.1 Å². The van der Waals surface area contributed by atoms with Gasteiger partial charge in [0.25, 0.3) is 0 Å². The van der Waals surface area contributed by atoms with Crippen molar-refractivity contribution in [2.45, 2.75) is 64.3 Å². The van der Waals surface area contributed by atoms with Crippen LogP contribution in [0.2, 0.25) is 0 Å². The average Bonchev–Trinajstić information content (AvgIpc) is 3.24. The van der Waals surface area contributed by atoms with E-state index in [1.165, 1.54) is 11.3 Å². The van der Waals surface area contributed by atoms with E-state index in [2.05, 4.69) is 9.98 Å². The van der Waals surface area contributed by atoms with Crippen LogP contribution < -0.4 is 10.7 Å². The summed E-state index contributed by atoms with van der Waals surface area (Å²) in [6.07, 6.45) is 10.4. The molecule has 1 aromatic heterocycles. The summed E-state index contributed by atoms with van der Waals surface area (Å²) < 4.78 is 2.45. The minimum Gasteiger partial charge on any atom is -0.493 e. The average molecular weight is 446 g/mol. The van der Waals surface area contributed by atoms with E-state index in [0.29, 0.717) is 21.2 Å². The van der Waals surface area contributed by atoms with Gasteiger partial charge in [-0.15, -0.1) is 11.3 Å². The lowest BCUT2D eigenvalue weighted by Crippen LogP contribution is -2.19. The van der Waals surface area contributed by atoms with Crippen molar-refractivity contribution in [1.82, 2.24) is 4.57 Å². The number of para-hydroxylation sites is 2. The molecule has 2 aromatic rings. The molecule has 0 atom stereocenters. The number of unbranched alkanes of at least 4 members (excludes halogenated alkanes) is 7. The molecule has 1 aliphatic rings. The minimum atomic E-state index is -0.707. The van der Waals surface area contributed by atoms with Gasteiger partial charge < -0.3 is 10.2 Å². The molecule has 160 valence electrons. The van der Waals surface area contributed by atoms with Gasteiger partial charge in [-0.25, -0.2) is 9.98 Å². The van der Waals surface area contributed by atoms with Crippen LogP contribution in [0.25, 0.3) is 6.08 Å². The van der Waals surface area contributed by atoms with Gasteiger partial charge in [-0.1, -0.05) is 50.7 Å². The predicted molar refractivity (Wildman–Crippen MR) is 121 cm³/mol. The Morgan fingerprint density at radius 1 is 1.00 bits per heavy atom. The Balaban J connectivity index is 1.43. The van der Waals surface area contributed by atoms with E-state index in [4.69, 9.17) is 17.3 Å². The zero-order valence-electron chi connectivity index (χ0n) is 16.9. The van der Waals surface area contributed by atoms with Gasteiger partial charge in [-0.05, 0) is 37.2 Å². The second kappa shape index (κ2) is 11.2. The molecular weight excluding hydrogens is 418 g/mol. The molecule has 2 N–H and O–H groups in total. The first-order valence-electron chi connectivity index (χ1n) is 10.4. The van der Waals surface area contributed by atoms with Crippen LogP contribution in [0, 0.1) is 3.95 Å². The summed E-state index contributed by atoms with van der Waals surface area (Å²) in [5.41, 5.74) is 0. The van der Waals surface area contributed by atoms with Crippen LogP contribution in [0.15, 0.2) is 40.1 Å².